The van der Waals surface area contributed by atoms with Crippen LogP contribution < -0.4 is 22.5 Å². The number of hydrogen-bond acceptors (Lipinski definition) is 5. The average Bonchev–Trinajstić information content (AvgIpc) is 2.79. The molecule has 0 heterocycles. The van der Waals surface area contributed by atoms with Gasteiger partial charge in [0.25, 0.3) is 0 Å². The van der Waals surface area contributed by atoms with Crippen molar-refractivity contribution in [3.8, 4) is 0 Å². The highest BCUT2D eigenvalue weighted by Crippen LogP contribution is 2.12. The lowest BCUT2D eigenvalue weighted by atomic mass is 10.0. The Balaban J connectivity index is 0. The lowest BCUT2D eigenvalue weighted by Gasteiger charge is -2.04. The van der Waals surface area contributed by atoms with Gasteiger partial charge in [-0.05, 0) is 19.3 Å². The van der Waals surface area contributed by atoms with E-state index in [9.17, 15) is 14.4 Å². The Morgan fingerprint density at radius 1 is 0.771 bits per heavy atom. The molecule has 0 aliphatic rings. The number of carboxylic acids is 2. The fraction of sp³-hybridized carbons (Fsp3) is 0.840. The molecule has 0 aromatic rings. The molecule has 0 aliphatic heterocycles. The van der Waals surface area contributed by atoms with E-state index in [4.69, 9.17) is 27.4 Å². The normalized spacial score (nSPS) is 11.1. The quantitative estimate of drug-likeness (QED) is 0.0736. The van der Waals surface area contributed by atoms with E-state index in [1.165, 1.54) is 70.6 Å². The first-order valence-corrected chi connectivity index (χ1v) is 13.2. The summed E-state index contributed by atoms with van der Waals surface area (Å²) in [5, 5.41) is 19.5. The molecule has 10 heteroatoms. The molecule has 0 bridgehead atoms. The lowest BCUT2D eigenvalue weighted by Crippen LogP contribution is -2.30. The molecule has 1 unspecified atom stereocenters. The SMILES string of the molecule is CCCCCCCCCCCCCCCC(=O)NCCC(=O)O.NC(N)=NCCCC(N)C(=O)O. The van der Waals surface area contributed by atoms with Crippen molar-refractivity contribution in [2.24, 2.45) is 22.2 Å². The van der Waals surface area contributed by atoms with Crippen LogP contribution in [0.1, 0.15) is 116 Å². The molecule has 0 aromatic carbocycles. The Bertz CT molecular complexity index is 568. The van der Waals surface area contributed by atoms with Crippen LogP contribution in [-0.4, -0.2) is 53.1 Å². The summed E-state index contributed by atoms with van der Waals surface area (Å²) in [4.78, 5) is 35.6. The minimum Gasteiger partial charge on any atom is -0.481 e. The van der Waals surface area contributed by atoms with Crippen LogP contribution in [0.25, 0.3) is 0 Å². The number of rotatable bonds is 22. The van der Waals surface area contributed by atoms with Gasteiger partial charge in [-0.3, -0.25) is 19.4 Å². The van der Waals surface area contributed by atoms with Crippen molar-refractivity contribution >= 4 is 23.8 Å². The van der Waals surface area contributed by atoms with Crippen LogP contribution in [0.15, 0.2) is 4.99 Å². The number of amides is 1. The van der Waals surface area contributed by atoms with E-state index in [0.29, 0.717) is 25.8 Å². The van der Waals surface area contributed by atoms with Gasteiger partial charge in [0.1, 0.15) is 6.04 Å². The summed E-state index contributed by atoms with van der Waals surface area (Å²) in [5.41, 5.74) is 15.3. The van der Waals surface area contributed by atoms with E-state index >= 15 is 0 Å². The highest BCUT2D eigenvalue weighted by Gasteiger charge is 2.09. The van der Waals surface area contributed by atoms with Gasteiger partial charge in [0.15, 0.2) is 5.96 Å². The van der Waals surface area contributed by atoms with Gasteiger partial charge in [-0.1, -0.05) is 84.0 Å². The molecule has 35 heavy (non-hydrogen) atoms. The van der Waals surface area contributed by atoms with Gasteiger partial charge in [-0.2, -0.15) is 0 Å². The molecular formula is C25H51N5O5. The highest BCUT2D eigenvalue weighted by molar-refractivity contribution is 5.76. The fourth-order valence-corrected chi connectivity index (χ4v) is 3.34. The number of nitrogens with zero attached hydrogens (tertiary/aromatic N) is 1. The minimum atomic E-state index is -1.00. The molecule has 0 saturated heterocycles. The van der Waals surface area contributed by atoms with E-state index < -0.39 is 18.0 Å². The highest BCUT2D eigenvalue weighted by atomic mass is 16.4. The zero-order chi connectivity index (χ0) is 26.7. The predicted octanol–water partition coefficient (Wildman–Crippen LogP) is 3.51. The standard InChI is InChI=1S/C19H37NO3.C6H14N4O2/c1-2-3-4-5-6-7-8-9-10-11-12-13-14-15-18(21)20-17-16-19(22)23;7-4(5(11)12)2-1-3-10-6(8)9/h2-17H2,1H3,(H,20,21)(H,22,23);4H,1-3,7H2,(H,11,12)(H4,8,9,10). The Morgan fingerprint density at radius 2 is 1.26 bits per heavy atom. The fourth-order valence-electron chi connectivity index (χ4n) is 3.34. The molecule has 1 amide bonds. The lowest BCUT2D eigenvalue weighted by molar-refractivity contribution is -0.139. The smallest absolute Gasteiger partial charge is 0.320 e. The Labute approximate surface area is 211 Å². The number of aliphatic carboxylic acids is 2. The summed E-state index contributed by atoms with van der Waals surface area (Å²) in [6, 6.07) is -0.820. The number of guanidine groups is 1. The van der Waals surface area contributed by atoms with Crippen molar-refractivity contribution in [1.29, 1.82) is 0 Å². The predicted molar refractivity (Wildman–Crippen MR) is 141 cm³/mol. The van der Waals surface area contributed by atoms with Crippen LogP contribution >= 0.6 is 0 Å². The molecule has 1 atom stereocenters. The van der Waals surface area contributed by atoms with Gasteiger partial charge in [0.05, 0.1) is 6.42 Å². The van der Waals surface area contributed by atoms with Crippen LogP contribution in [0, 0.1) is 0 Å². The maximum absolute atomic E-state index is 11.4. The van der Waals surface area contributed by atoms with Crippen LogP contribution in [0.2, 0.25) is 0 Å². The molecule has 10 nitrogen and oxygen atoms in total. The molecule has 0 fully saturated rings. The summed E-state index contributed by atoms with van der Waals surface area (Å²) in [7, 11) is 0. The molecule has 206 valence electrons. The second-order valence-corrected chi connectivity index (χ2v) is 8.88. The second-order valence-electron chi connectivity index (χ2n) is 8.88. The van der Waals surface area contributed by atoms with Gasteiger partial charge in [0, 0.05) is 19.5 Å². The number of carbonyl (C=O) groups is 3. The number of carbonyl (C=O) groups excluding carboxylic acids is 1. The molecule has 0 rings (SSSR count). The van der Waals surface area contributed by atoms with Crippen molar-refractivity contribution in [3.05, 3.63) is 0 Å². The molecule has 9 N–H and O–H groups in total. The van der Waals surface area contributed by atoms with Gasteiger partial charge in [-0.25, -0.2) is 0 Å². The molecular weight excluding hydrogens is 450 g/mol. The average molecular weight is 502 g/mol. The third-order valence-corrected chi connectivity index (χ3v) is 5.45. The number of nitrogens with two attached hydrogens (primary N) is 3. The van der Waals surface area contributed by atoms with Crippen LogP contribution in [-0.2, 0) is 14.4 Å². The Kier molecular flexibility index (Phi) is 26.1. The Hall–Kier alpha value is -2.36. The molecule has 0 aromatic heterocycles. The van der Waals surface area contributed by atoms with Crippen LogP contribution in [0.3, 0.4) is 0 Å². The molecule has 0 aliphatic carbocycles. The first-order valence-electron chi connectivity index (χ1n) is 13.2. The summed E-state index contributed by atoms with van der Waals surface area (Å²) in [6.07, 6.45) is 18.3. The van der Waals surface area contributed by atoms with E-state index in [-0.39, 0.29) is 24.8 Å². The topological polar surface area (TPSA) is 194 Å². The largest absolute Gasteiger partial charge is 0.481 e. The van der Waals surface area contributed by atoms with Gasteiger partial charge in [0.2, 0.25) is 5.91 Å². The number of hydrogen-bond donors (Lipinski definition) is 6. The second kappa shape index (κ2) is 26.2. The molecule has 0 radical (unpaired) electrons. The molecule has 0 spiro atoms. The van der Waals surface area contributed by atoms with E-state index in [1.807, 2.05) is 0 Å². The number of carboxylic acid groups (broad SMARTS) is 2. The van der Waals surface area contributed by atoms with Crippen LogP contribution in [0.5, 0.6) is 0 Å². The maximum atomic E-state index is 11.4. The first-order chi connectivity index (χ1) is 16.7. The zero-order valence-corrected chi connectivity index (χ0v) is 21.8. The summed E-state index contributed by atoms with van der Waals surface area (Å²) in [5.74, 6) is -1.88. The van der Waals surface area contributed by atoms with Crippen molar-refractivity contribution in [1.82, 2.24) is 5.32 Å². The van der Waals surface area contributed by atoms with Crippen LogP contribution in [0.4, 0.5) is 0 Å². The van der Waals surface area contributed by atoms with Crippen molar-refractivity contribution in [2.45, 2.75) is 122 Å². The number of aliphatic imine (C=N–C) groups is 1. The maximum Gasteiger partial charge on any atom is 0.320 e. The number of nitrogens with one attached hydrogen (secondary N) is 1. The van der Waals surface area contributed by atoms with Gasteiger partial charge in [-0.15, -0.1) is 0 Å². The minimum absolute atomic E-state index is 0.00431. The third kappa shape index (κ3) is 31.6. The summed E-state index contributed by atoms with van der Waals surface area (Å²) in [6.45, 7) is 2.92. The summed E-state index contributed by atoms with van der Waals surface area (Å²) >= 11 is 0. The van der Waals surface area contributed by atoms with E-state index in [0.717, 1.165) is 12.8 Å². The summed E-state index contributed by atoms with van der Waals surface area (Å²) < 4.78 is 0. The van der Waals surface area contributed by atoms with Crippen molar-refractivity contribution in [2.75, 3.05) is 13.1 Å². The van der Waals surface area contributed by atoms with E-state index in [2.05, 4.69) is 17.2 Å². The van der Waals surface area contributed by atoms with Crippen molar-refractivity contribution < 1.29 is 24.6 Å². The monoisotopic (exact) mass is 501 g/mol. The van der Waals surface area contributed by atoms with Gasteiger partial charge >= 0.3 is 11.9 Å². The first kappa shape index (κ1) is 34.8. The van der Waals surface area contributed by atoms with Crippen molar-refractivity contribution in [3.63, 3.8) is 0 Å². The Morgan fingerprint density at radius 3 is 1.69 bits per heavy atom. The molecule has 0 saturated carbocycles. The number of unbranched alkanes of at least 4 members (excludes halogenated alkanes) is 12. The third-order valence-electron chi connectivity index (χ3n) is 5.45. The van der Waals surface area contributed by atoms with Gasteiger partial charge < -0.3 is 32.7 Å². The van der Waals surface area contributed by atoms with E-state index in [1.54, 1.807) is 0 Å². The zero-order valence-electron chi connectivity index (χ0n) is 21.8.